The highest BCUT2D eigenvalue weighted by Gasteiger charge is 2.25. The summed E-state index contributed by atoms with van der Waals surface area (Å²) in [7, 11) is 0. The predicted octanol–water partition coefficient (Wildman–Crippen LogP) is 4.92. The monoisotopic (exact) mass is 488 g/mol. The minimum absolute atomic E-state index is 0. The number of hydrogen-bond donors (Lipinski definition) is 0. The first-order chi connectivity index (χ1) is 15.1. The Balaban J connectivity index is 0.00000245. The topological polar surface area (TPSA) is 58.6 Å². The van der Waals surface area contributed by atoms with Crippen LogP contribution in [0.2, 0.25) is 0 Å². The van der Waals surface area contributed by atoms with Gasteiger partial charge in [0.15, 0.2) is 10.1 Å². The molecule has 0 saturated carbocycles. The number of nitrogens with zero attached hydrogens (tertiary/aromatic N) is 4. The molecule has 6 nitrogen and oxygen atoms in total. The average molecular weight is 489 g/mol. The smallest absolute Gasteiger partial charge is 0.289 e. The van der Waals surface area contributed by atoms with Crippen LogP contribution in [0, 0.1) is 13.8 Å². The first-order valence-electron chi connectivity index (χ1n) is 10.4. The summed E-state index contributed by atoms with van der Waals surface area (Å²) in [6.07, 6.45) is 0. The zero-order valence-corrected chi connectivity index (χ0v) is 20.5. The molecule has 4 aromatic rings. The molecule has 0 unspecified atom stereocenters. The number of para-hydroxylation sites is 1. The third kappa shape index (κ3) is 4.51. The second kappa shape index (κ2) is 9.80. The van der Waals surface area contributed by atoms with Gasteiger partial charge in [-0.2, -0.15) is 0 Å². The lowest BCUT2D eigenvalue weighted by Gasteiger charge is -2.28. The third-order valence-electron chi connectivity index (χ3n) is 5.77. The Bertz CT molecular complexity index is 1220. The number of morpholine rings is 1. The Morgan fingerprint density at radius 1 is 1.06 bits per heavy atom. The molecular weight excluding hydrogens is 464 g/mol. The lowest BCUT2D eigenvalue weighted by molar-refractivity contribution is 0.0391. The number of halogens is 1. The number of carbonyl (C=O) groups is 1. The van der Waals surface area contributed by atoms with Crippen LogP contribution >= 0.6 is 35.1 Å². The van der Waals surface area contributed by atoms with Gasteiger partial charge in [-0.05, 0) is 43.2 Å². The number of aryl methyl sites for hydroxylation is 2. The van der Waals surface area contributed by atoms with E-state index in [0.29, 0.717) is 11.6 Å². The molecule has 3 heterocycles. The number of amides is 1. The van der Waals surface area contributed by atoms with E-state index < -0.39 is 0 Å². The Hall–Kier alpha value is -2.10. The molecule has 9 heteroatoms. The van der Waals surface area contributed by atoms with E-state index in [1.165, 1.54) is 22.5 Å². The van der Waals surface area contributed by atoms with Gasteiger partial charge in [-0.25, -0.2) is 9.97 Å². The summed E-state index contributed by atoms with van der Waals surface area (Å²) in [4.78, 5) is 27.3. The van der Waals surface area contributed by atoms with Crippen LogP contribution in [0.1, 0.15) is 20.9 Å². The van der Waals surface area contributed by atoms with Gasteiger partial charge in [-0.1, -0.05) is 29.5 Å². The van der Waals surface area contributed by atoms with Gasteiger partial charge in [0, 0.05) is 26.2 Å². The molecule has 0 bridgehead atoms. The first kappa shape index (κ1) is 23.1. The molecule has 0 spiro atoms. The van der Waals surface area contributed by atoms with E-state index in [2.05, 4.69) is 35.9 Å². The molecular formula is C23H25ClN4O2S2. The van der Waals surface area contributed by atoms with Gasteiger partial charge in [0.1, 0.15) is 0 Å². The standard InChI is InChI=1S/C23H24N4O2S2.ClH/c1-15-7-8-19-20(16(15)2)25-23(31-19)27(10-9-26-11-13-29-14-12-26)22(28)21-24-17-5-3-4-6-18(17)30-21;/h3-8H,9-14H2,1-2H3;1H. The van der Waals surface area contributed by atoms with Gasteiger partial charge in [-0.15, -0.1) is 23.7 Å². The maximum atomic E-state index is 13.6. The summed E-state index contributed by atoms with van der Waals surface area (Å²) in [6, 6.07) is 12.1. The molecule has 1 fully saturated rings. The SMILES string of the molecule is Cc1ccc2sc(N(CCN3CCOCC3)C(=O)c3nc4ccccc4s3)nc2c1C.Cl. The van der Waals surface area contributed by atoms with Crippen molar-refractivity contribution in [3.05, 3.63) is 52.5 Å². The number of thiazole rings is 2. The maximum Gasteiger partial charge on any atom is 0.289 e. The second-order valence-corrected chi connectivity index (χ2v) is 9.79. The van der Waals surface area contributed by atoms with E-state index >= 15 is 0 Å². The molecule has 1 saturated heterocycles. The third-order valence-corrected chi connectivity index (χ3v) is 7.84. The van der Waals surface area contributed by atoms with Crippen molar-refractivity contribution in [2.45, 2.75) is 13.8 Å². The van der Waals surface area contributed by atoms with E-state index in [-0.39, 0.29) is 18.3 Å². The van der Waals surface area contributed by atoms with Crippen LogP contribution in [-0.4, -0.2) is 60.2 Å². The number of carbonyl (C=O) groups excluding carboxylic acids is 1. The fourth-order valence-corrected chi connectivity index (χ4v) is 5.72. The van der Waals surface area contributed by atoms with Crippen molar-refractivity contribution in [3.63, 3.8) is 0 Å². The van der Waals surface area contributed by atoms with Crippen molar-refractivity contribution < 1.29 is 9.53 Å². The number of anilines is 1. The van der Waals surface area contributed by atoms with Crippen LogP contribution < -0.4 is 4.90 Å². The van der Waals surface area contributed by atoms with Gasteiger partial charge in [-0.3, -0.25) is 14.6 Å². The highest BCUT2D eigenvalue weighted by Crippen LogP contribution is 2.33. The number of fused-ring (bicyclic) bond motifs is 2. The highest BCUT2D eigenvalue weighted by atomic mass is 35.5. The van der Waals surface area contributed by atoms with E-state index in [1.807, 2.05) is 29.2 Å². The molecule has 1 aliphatic heterocycles. The van der Waals surface area contributed by atoms with Crippen molar-refractivity contribution >= 4 is 66.6 Å². The lowest BCUT2D eigenvalue weighted by atomic mass is 10.1. The summed E-state index contributed by atoms with van der Waals surface area (Å²) in [6.45, 7) is 8.81. The Morgan fingerprint density at radius 2 is 1.84 bits per heavy atom. The zero-order chi connectivity index (χ0) is 21.4. The predicted molar refractivity (Wildman–Crippen MR) is 135 cm³/mol. The minimum atomic E-state index is -0.0807. The zero-order valence-electron chi connectivity index (χ0n) is 18.0. The number of benzene rings is 2. The van der Waals surface area contributed by atoms with Gasteiger partial charge in [0.05, 0.1) is 33.6 Å². The molecule has 2 aromatic heterocycles. The van der Waals surface area contributed by atoms with E-state index in [1.54, 1.807) is 11.3 Å². The summed E-state index contributed by atoms with van der Waals surface area (Å²) in [5.41, 5.74) is 4.22. The van der Waals surface area contributed by atoms with Gasteiger partial charge >= 0.3 is 0 Å². The molecule has 5 rings (SSSR count). The van der Waals surface area contributed by atoms with Gasteiger partial charge in [0.25, 0.3) is 5.91 Å². The molecule has 0 N–H and O–H groups in total. The van der Waals surface area contributed by atoms with Crippen molar-refractivity contribution in [3.8, 4) is 0 Å². The number of aromatic nitrogens is 2. The molecule has 1 aliphatic rings. The quantitative estimate of drug-likeness (QED) is 0.399. The number of rotatable bonds is 5. The largest absolute Gasteiger partial charge is 0.379 e. The van der Waals surface area contributed by atoms with E-state index in [9.17, 15) is 4.79 Å². The first-order valence-corrected chi connectivity index (χ1v) is 12.1. The fourth-order valence-electron chi connectivity index (χ4n) is 3.76. The van der Waals surface area contributed by atoms with Crippen LogP contribution in [-0.2, 0) is 4.74 Å². The fraction of sp³-hybridized carbons (Fsp3) is 0.348. The molecule has 32 heavy (non-hydrogen) atoms. The number of hydrogen-bond acceptors (Lipinski definition) is 7. The van der Waals surface area contributed by atoms with Crippen LogP contribution in [0.15, 0.2) is 36.4 Å². The van der Waals surface area contributed by atoms with Gasteiger partial charge in [0.2, 0.25) is 0 Å². The molecule has 0 atom stereocenters. The van der Waals surface area contributed by atoms with Crippen LogP contribution in [0.3, 0.4) is 0 Å². The summed E-state index contributed by atoms with van der Waals surface area (Å²) in [5.74, 6) is -0.0807. The van der Waals surface area contributed by atoms with Crippen molar-refractivity contribution in [2.75, 3.05) is 44.3 Å². The Labute approximate surface area is 201 Å². The van der Waals surface area contributed by atoms with E-state index in [4.69, 9.17) is 9.72 Å². The number of ether oxygens (including phenoxy) is 1. The highest BCUT2D eigenvalue weighted by molar-refractivity contribution is 7.23. The molecule has 2 aromatic carbocycles. The second-order valence-electron chi connectivity index (χ2n) is 7.75. The summed E-state index contributed by atoms with van der Waals surface area (Å²) in [5, 5.41) is 1.25. The van der Waals surface area contributed by atoms with Crippen LogP contribution in [0.25, 0.3) is 20.4 Å². The molecule has 0 aliphatic carbocycles. The van der Waals surface area contributed by atoms with Crippen molar-refractivity contribution in [1.29, 1.82) is 0 Å². The van der Waals surface area contributed by atoms with Crippen molar-refractivity contribution in [1.82, 2.24) is 14.9 Å². The molecule has 168 valence electrons. The minimum Gasteiger partial charge on any atom is -0.379 e. The average Bonchev–Trinajstić information content (AvgIpc) is 3.42. The van der Waals surface area contributed by atoms with Crippen LogP contribution in [0.4, 0.5) is 5.13 Å². The molecule has 0 radical (unpaired) electrons. The normalized spacial score (nSPS) is 14.6. The Kier molecular flexibility index (Phi) is 7.07. The maximum absolute atomic E-state index is 13.6. The van der Waals surface area contributed by atoms with Crippen LogP contribution in [0.5, 0.6) is 0 Å². The summed E-state index contributed by atoms with van der Waals surface area (Å²) >= 11 is 3.02. The van der Waals surface area contributed by atoms with E-state index in [0.717, 1.165) is 58.4 Å². The summed E-state index contributed by atoms with van der Waals surface area (Å²) < 4.78 is 7.59. The Morgan fingerprint density at radius 3 is 2.62 bits per heavy atom. The van der Waals surface area contributed by atoms with Gasteiger partial charge < -0.3 is 4.74 Å². The lowest BCUT2D eigenvalue weighted by Crippen LogP contribution is -2.43. The molecule has 1 amide bonds. The van der Waals surface area contributed by atoms with Crippen molar-refractivity contribution in [2.24, 2.45) is 0 Å².